The minimum absolute atomic E-state index is 0.672. The number of unbranched alkanes of at least 4 members (excludes halogenated alkanes) is 2. The Morgan fingerprint density at radius 2 is 0.527 bits per heavy atom. The number of rotatable bonds is 12. The van der Waals surface area contributed by atoms with Crippen molar-refractivity contribution >= 4 is 11.9 Å². The van der Waals surface area contributed by atoms with Crippen molar-refractivity contribution in [3.63, 3.8) is 0 Å². The summed E-state index contributed by atoms with van der Waals surface area (Å²) in [6.07, 6.45) is 3.02. The number of benzene rings is 4. The van der Waals surface area contributed by atoms with E-state index < -0.39 is 0 Å². The molecule has 0 fully saturated rings. The molecule has 6 nitrogen and oxygen atoms in total. The molecule has 0 aliphatic rings. The molecular formula is C49H58N6. The zero-order valence-electron chi connectivity index (χ0n) is 35.1. The summed E-state index contributed by atoms with van der Waals surface area (Å²) in [5.74, 6) is 1.34. The molecule has 0 aliphatic heterocycles. The van der Waals surface area contributed by atoms with Gasteiger partial charge in [0.1, 0.15) is 0 Å². The molecule has 0 amide bonds. The van der Waals surface area contributed by atoms with E-state index in [4.69, 9.17) is 19.9 Å². The van der Waals surface area contributed by atoms with E-state index in [1.165, 1.54) is 89.0 Å². The lowest BCUT2D eigenvalue weighted by atomic mass is 9.94. The first-order valence-electron chi connectivity index (χ1n) is 19.8. The Hall–Kier alpha value is -5.36. The van der Waals surface area contributed by atoms with Crippen molar-refractivity contribution in [2.75, 3.05) is 23.7 Å². The summed E-state index contributed by atoms with van der Waals surface area (Å²) in [7, 11) is 0. The fourth-order valence-electron chi connectivity index (χ4n) is 8.73. The summed E-state index contributed by atoms with van der Waals surface area (Å²) in [6.45, 7) is 27.6. The second-order valence-electron chi connectivity index (χ2n) is 15.9. The fourth-order valence-corrected chi connectivity index (χ4v) is 8.73. The molecule has 0 saturated heterocycles. The van der Waals surface area contributed by atoms with Gasteiger partial charge in [-0.05, 0) is 159 Å². The van der Waals surface area contributed by atoms with Crippen LogP contribution in [-0.2, 0) is 0 Å². The number of nitrogens with one attached hydrogen (secondary N) is 2. The van der Waals surface area contributed by atoms with Gasteiger partial charge in [0.15, 0.2) is 0 Å². The van der Waals surface area contributed by atoms with Gasteiger partial charge in [-0.1, -0.05) is 70.8 Å². The molecule has 2 heterocycles. The minimum atomic E-state index is 0.672. The lowest BCUT2D eigenvalue weighted by Gasteiger charge is -2.17. The zero-order valence-corrected chi connectivity index (χ0v) is 35.1. The molecule has 4 aromatic carbocycles. The Morgan fingerprint density at radius 3 is 0.745 bits per heavy atom. The first kappa shape index (κ1) is 39.3. The monoisotopic (exact) mass is 730 g/mol. The summed E-state index contributed by atoms with van der Waals surface area (Å²) in [6, 6.07) is 22.3. The molecule has 284 valence electrons. The molecule has 2 aromatic heterocycles. The number of anilines is 2. The van der Waals surface area contributed by atoms with E-state index in [2.05, 4.69) is 154 Å². The molecule has 6 heteroatoms. The maximum Gasteiger partial charge on any atom is 0.223 e. The predicted molar refractivity (Wildman–Crippen MR) is 233 cm³/mol. The third kappa shape index (κ3) is 8.96. The topological polar surface area (TPSA) is 75.6 Å². The molecule has 0 aliphatic carbocycles. The van der Waals surface area contributed by atoms with E-state index in [0.717, 1.165) is 55.1 Å². The fraction of sp³-hybridized carbons (Fsp3) is 0.347. The van der Waals surface area contributed by atoms with E-state index >= 15 is 0 Å². The van der Waals surface area contributed by atoms with Crippen LogP contribution in [-0.4, -0.2) is 33.0 Å². The summed E-state index contributed by atoms with van der Waals surface area (Å²) in [4.78, 5) is 20.3. The Balaban J connectivity index is 1.18. The highest BCUT2D eigenvalue weighted by atomic mass is 15.1. The quantitative estimate of drug-likeness (QED) is 0.122. The van der Waals surface area contributed by atoms with Crippen molar-refractivity contribution in [1.29, 1.82) is 0 Å². The van der Waals surface area contributed by atoms with E-state index in [-0.39, 0.29) is 0 Å². The third-order valence-corrected chi connectivity index (χ3v) is 10.6. The third-order valence-electron chi connectivity index (χ3n) is 10.6. The number of hydrogen-bond acceptors (Lipinski definition) is 6. The first-order chi connectivity index (χ1) is 26.2. The van der Waals surface area contributed by atoms with E-state index in [9.17, 15) is 0 Å². The molecule has 0 bridgehead atoms. The van der Waals surface area contributed by atoms with Gasteiger partial charge in [0, 0.05) is 35.3 Å². The molecule has 0 spiro atoms. The predicted octanol–water partition coefficient (Wildman–Crippen LogP) is 12.3. The maximum atomic E-state index is 5.08. The lowest BCUT2D eigenvalue weighted by Crippen LogP contribution is -2.10. The average molecular weight is 731 g/mol. The standard InChI is InChI=1S/C49H58N6/c1-28-18-32(5)44(33(6)19-28)40-26-41(45-34(7)20-29(2)21-35(45)8)53-48(52-40)50-16-14-13-15-17-51-49-54-42(46-36(9)22-30(3)23-37(46)10)27-43(55-49)47-38(11)24-31(4)25-39(47)12/h18-27H,13-17H2,1-12H3,(H,50,52,53)(H,51,54,55). The molecule has 6 rings (SSSR count). The van der Waals surface area contributed by atoms with Crippen LogP contribution in [0.1, 0.15) is 86.0 Å². The van der Waals surface area contributed by atoms with Crippen molar-refractivity contribution < 1.29 is 0 Å². The van der Waals surface area contributed by atoms with Gasteiger partial charge in [-0.25, -0.2) is 19.9 Å². The molecule has 0 radical (unpaired) electrons. The smallest absolute Gasteiger partial charge is 0.223 e. The van der Waals surface area contributed by atoms with Crippen LogP contribution >= 0.6 is 0 Å². The zero-order chi connectivity index (χ0) is 39.6. The summed E-state index contributed by atoms with van der Waals surface area (Å²) < 4.78 is 0. The van der Waals surface area contributed by atoms with Gasteiger partial charge in [-0.15, -0.1) is 0 Å². The van der Waals surface area contributed by atoms with Gasteiger partial charge in [0.25, 0.3) is 0 Å². The highest BCUT2D eigenvalue weighted by molar-refractivity contribution is 5.78. The summed E-state index contributed by atoms with van der Waals surface area (Å²) in [5.41, 5.74) is 23.4. The Kier molecular flexibility index (Phi) is 11.8. The average Bonchev–Trinajstić information content (AvgIpc) is 3.06. The van der Waals surface area contributed by atoms with Crippen LogP contribution in [0.4, 0.5) is 11.9 Å². The van der Waals surface area contributed by atoms with Crippen LogP contribution in [0.2, 0.25) is 0 Å². The van der Waals surface area contributed by atoms with E-state index in [1.54, 1.807) is 0 Å². The van der Waals surface area contributed by atoms with Gasteiger partial charge in [0.2, 0.25) is 11.9 Å². The second-order valence-corrected chi connectivity index (χ2v) is 15.9. The van der Waals surface area contributed by atoms with Crippen LogP contribution in [0.15, 0.2) is 60.7 Å². The number of hydrogen-bond donors (Lipinski definition) is 2. The molecule has 0 unspecified atom stereocenters. The molecule has 55 heavy (non-hydrogen) atoms. The van der Waals surface area contributed by atoms with Gasteiger partial charge < -0.3 is 10.6 Å². The molecule has 0 atom stereocenters. The van der Waals surface area contributed by atoms with Gasteiger partial charge in [-0.3, -0.25) is 0 Å². The van der Waals surface area contributed by atoms with Crippen LogP contribution in [0.5, 0.6) is 0 Å². The second kappa shape index (κ2) is 16.6. The minimum Gasteiger partial charge on any atom is -0.354 e. The van der Waals surface area contributed by atoms with Gasteiger partial charge in [0.05, 0.1) is 22.8 Å². The van der Waals surface area contributed by atoms with Crippen LogP contribution in [0, 0.1) is 83.1 Å². The van der Waals surface area contributed by atoms with Gasteiger partial charge >= 0.3 is 0 Å². The molecular weight excluding hydrogens is 673 g/mol. The molecule has 6 aromatic rings. The van der Waals surface area contributed by atoms with Crippen LogP contribution < -0.4 is 10.6 Å². The normalized spacial score (nSPS) is 11.3. The largest absolute Gasteiger partial charge is 0.354 e. The van der Waals surface area contributed by atoms with E-state index in [0.29, 0.717) is 11.9 Å². The number of aromatic nitrogens is 4. The maximum absolute atomic E-state index is 5.08. The summed E-state index contributed by atoms with van der Waals surface area (Å²) >= 11 is 0. The Bertz CT molecular complexity index is 1980. The summed E-state index contributed by atoms with van der Waals surface area (Å²) in [5, 5.41) is 7.17. The molecule has 0 saturated carbocycles. The first-order valence-corrected chi connectivity index (χ1v) is 19.8. The lowest BCUT2D eigenvalue weighted by molar-refractivity contribution is 0.716. The van der Waals surface area contributed by atoms with Crippen LogP contribution in [0.25, 0.3) is 45.0 Å². The SMILES string of the molecule is Cc1cc(C)c(-c2cc(-c3c(C)cc(C)cc3C)nc(NCCCCCNc3nc(-c4c(C)cc(C)cc4C)cc(-c4c(C)cc(C)cc4C)n3)n2)c(C)c1. The highest BCUT2D eigenvalue weighted by Gasteiger charge is 2.18. The van der Waals surface area contributed by atoms with Crippen molar-refractivity contribution in [1.82, 2.24) is 19.9 Å². The van der Waals surface area contributed by atoms with Crippen molar-refractivity contribution in [2.24, 2.45) is 0 Å². The van der Waals surface area contributed by atoms with Crippen molar-refractivity contribution in [3.8, 4) is 45.0 Å². The van der Waals surface area contributed by atoms with Crippen molar-refractivity contribution in [2.45, 2.75) is 102 Å². The molecule has 2 N–H and O–H groups in total. The van der Waals surface area contributed by atoms with Gasteiger partial charge in [-0.2, -0.15) is 0 Å². The number of aryl methyl sites for hydroxylation is 12. The number of nitrogens with zero attached hydrogens (tertiary/aromatic N) is 4. The van der Waals surface area contributed by atoms with E-state index in [1.807, 2.05) is 0 Å². The Morgan fingerprint density at radius 1 is 0.309 bits per heavy atom. The highest BCUT2D eigenvalue weighted by Crippen LogP contribution is 2.35. The van der Waals surface area contributed by atoms with Crippen molar-refractivity contribution in [3.05, 3.63) is 127 Å². The Labute approximate surface area is 329 Å². The van der Waals surface area contributed by atoms with Crippen LogP contribution in [0.3, 0.4) is 0 Å².